The molecule has 1 saturated heterocycles. The minimum absolute atomic E-state index is 0.160. The van der Waals surface area contributed by atoms with Gasteiger partial charge in [0, 0.05) is 25.3 Å². The summed E-state index contributed by atoms with van der Waals surface area (Å²) in [4.78, 5) is 15.5. The lowest BCUT2D eigenvalue weighted by Crippen LogP contribution is -2.41. The number of sulfonamides is 1. The van der Waals surface area contributed by atoms with Crippen molar-refractivity contribution >= 4 is 27.3 Å². The van der Waals surface area contributed by atoms with Gasteiger partial charge in [0.05, 0.1) is 10.6 Å². The lowest BCUT2D eigenvalue weighted by Gasteiger charge is -2.29. The summed E-state index contributed by atoms with van der Waals surface area (Å²) in [7, 11) is -3.92. The number of aryl methyl sites for hydroxylation is 2. The highest BCUT2D eigenvalue weighted by molar-refractivity contribution is 7.92. The van der Waals surface area contributed by atoms with Crippen LogP contribution in [-0.4, -0.2) is 34.0 Å². The van der Waals surface area contributed by atoms with Crippen molar-refractivity contribution < 1.29 is 13.2 Å². The van der Waals surface area contributed by atoms with E-state index in [-0.39, 0.29) is 17.3 Å². The van der Waals surface area contributed by atoms with E-state index in [1.165, 1.54) is 29.3 Å². The molecule has 3 aromatic rings. The molecule has 0 bridgehead atoms. The molecule has 1 N–H and O–H groups in total. The Morgan fingerprint density at radius 3 is 2.20 bits per heavy atom. The molecule has 0 spiro atoms. The molecule has 1 fully saturated rings. The predicted octanol–water partition coefficient (Wildman–Crippen LogP) is 4.81. The average molecular weight is 492 g/mol. The van der Waals surface area contributed by atoms with Gasteiger partial charge in [-0.2, -0.15) is 0 Å². The van der Waals surface area contributed by atoms with E-state index in [2.05, 4.69) is 22.3 Å². The first kappa shape index (κ1) is 24.8. The summed E-state index contributed by atoms with van der Waals surface area (Å²) < 4.78 is 28.3. The third kappa shape index (κ3) is 6.03. The first-order chi connectivity index (χ1) is 16.8. The second kappa shape index (κ2) is 11.0. The minimum Gasteiger partial charge on any atom is -0.372 e. The molecule has 35 heavy (non-hydrogen) atoms. The standard InChI is InChI=1S/C28H33N3O3S/c1-22-10-16-26(17-11-22)35(33,34)31(27-9-5-4-8-23(27)2)21-28(32)29-20-24-12-14-25(15-13-24)30-18-6-3-7-19-30/h4-5,8-17H,3,6-7,18-21H2,1-2H3,(H,29,32). The number of hydrogen-bond acceptors (Lipinski definition) is 4. The zero-order valence-electron chi connectivity index (χ0n) is 20.4. The Morgan fingerprint density at radius 2 is 1.54 bits per heavy atom. The van der Waals surface area contributed by atoms with Crippen LogP contribution in [0.2, 0.25) is 0 Å². The van der Waals surface area contributed by atoms with Gasteiger partial charge >= 0.3 is 0 Å². The molecule has 6 nitrogen and oxygen atoms in total. The Labute approximate surface area is 208 Å². The van der Waals surface area contributed by atoms with Gasteiger partial charge in [-0.15, -0.1) is 0 Å². The van der Waals surface area contributed by atoms with Crippen LogP contribution in [0, 0.1) is 13.8 Å². The van der Waals surface area contributed by atoms with E-state index in [4.69, 9.17) is 0 Å². The maximum Gasteiger partial charge on any atom is 0.264 e. The Bertz CT molecular complexity index is 1250. The molecule has 1 amide bonds. The van der Waals surface area contributed by atoms with Crippen LogP contribution in [0.5, 0.6) is 0 Å². The number of hydrogen-bond donors (Lipinski definition) is 1. The predicted molar refractivity (Wildman–Crippen MR) is 141 cm³/mol. The summed E-state index contributed by atoms with van der Waals surface area (Å²) in [5.74, 6) is -0.357. The number of rotatable bonds is 8. The molecular formula is C28H33N3O3S. The molecule has 0 aromatic heterocycles. The van der Waals surface area contributed by atoms with Crippen LogP contribution in [0.4, 0.5) is 11.4 Å². The van der Waals surface area contributed by atoms with Gasteiger partial charge in [0.2, 0.25) is 5.91 Å². The van der Waals surface area contributed by atoms with E-state index in [9.17, 15) is 13.2 Å². The van der Waals surface area contributed by atoms with Crippen molar-refractivity contribution in [2.45, 2.75) is 44.6 Å². The van der Waals surface area contributed by atoms with Crippen LogP contribution in [0.25, 0.3) is 0 Å². The molecule has 0 aliphatic carbocycles. The van der Waals surface area contributed by atoms with Crippen molar-refractivity contribution in [1.82, 2.24) is 5.32 Å². The van der Waals surface area contributed by atoms with Crippen molar-refractivity contribution in [3.8, 4) is 0 Å². The van der Waals surface area contributed by atoms with Crippen LogP contribution in [0.15, 0.2) is 77.7 Å². The molecule has 0 unspecified atom stereocenters. The number of piperidine rings is 1. The van der Waals surface area contributed by atoms with Gasteiger partial charge in [0.15, 0.2) is 0 Å². The highest BCUT2D eigenvalue weighted by Crippen LogP contribution is 2.27. The van der Waals surface area contributed by atoms with Crippen molar-refractivity contribution in [2.24, 2.45) is 0 Å². The highest BCUT2D eigenvalue weighted by atomic mass is 32.2. The zero-order valence-corrected chi connectivity index (χ0v) is 21.2. The molecule has 0 atom stereocenters. The molecule has 4 rings (SSSR count). The summed E-state index contributed by atoms with van der Waals surface area (Å²) >= 11 is 0. The van der Waals surface area contributed by atoms with Crippen LogP contribution in [-0.2, 0) is 21.4 Å². The van der Waals surface area contributed by atoms with Gasteiger partial charge in [-0.25, -0.2) is 8.42 Å². The van der Waals surface area contributed by atoms with E-state index < -0.39 is 10.0 Å². The summed E-state index contributed by atoms with van der Waals surface area (Å²) in [6.45, 7) is 5.95. The normalized spacial score (nSPS) is 13.9. The van der Waals surface area contributed by atoms with Gasteiger partial charge < -0.3 is 10.2 Å². The Hall–Kier alpha value is -3.32. The van der Waals surface area contributed by atoms with Crippen LogP contribution in [0.1, 0.15) is 36.0 Å². The Balaban J connectivity index is 1.47. The zero-order chi connectivity index (χ0) is 24.8. The summed E-state index contributed by atoms with van der Waals surface area (Å²) in [6.07, 6.45) is 3.74. The van der Waals surface area contributed by atoms with Crippen molar-refractivity contribution in [2.75, 3.05) is 28.8 Å². The van der Waals surface area contributed by atoms with Gasteiger partial charge in [0.25, 0.3) is 10.0 Å². The molecule has 0 radical (unpaired) electrons. The molecule has 0 saturated carbocycles. The van der Waals surface area contributed by atoms with Crippen molar-refractivity contribution in [1.29, 1.82) is 0 Å². The maximum absolute atomic E-state index is 13.5. The fraction of sp³-hybridized carbons (Fsp3) is 0.321. The third-order valence-electron chi connectivity index (χ3n) is 6.43. The number of carbonyl (C=O) groups is 1. The quantitative estimate of drug-likeness (QED) is 0.491. The Kier molecular flexibility index (Phi) is 7.76. The van der Waals surface area contributed by atoms with Crippen LogP contribution < -0.4 is 14.5 Å². The van der Waals surface area contributed by atoms with Crippen molar-refractivity contribution in [3.63, 3.8) is 0 Å². The number of nitrogens with one attached hydrogen (secondary N) is 1. The van der Waals surface area contributed by atoms with Gasteiger partial charge in [-0.3, -0.25) is 9.10 Å². The van der Waals surface area contributed by atoms with E-state index in [1.54, 1.807) is 36.4 Å². The minimum atomic E-state index is -3.92. The number of amides is 1. The molecule has 1 aliphatic rings. The molecule has 184 valence electrons. The first-order valence-electron chi connectivity index (χ1n) is 12.1. The van der Waals surface area contributed by atoms with E-state index in [0.29, 0.717) is 12.2 Å². The topological polar surface area (TPSA) is 69.7 Å². The second-order valence-corrected chi connectivity index (χ2v) is 11.0. The van der Waals surface area contributed by atoms with Crippen LogP contribution >= 0.6 is 0 Å². The summed E-state index contributed by atoms with van der Waals surface area (Å²) in [6, 6.07) is 22.1. The van der Waals surface area contributed by atoms with E-state index in [1.807, 2.05) is 38.1 Å². The molecule has 1 heterocycles. The highest BCUT2D eigenvalue weighted by Gasteiger charge is 2.28. The van der Waals surface area contributed by atoms with Gasteiger partial charge in [-0.05, 0) is 74.6 Å². The average Bonchev–Trinajstić information content (AvgIpc) is 2.87. The molecule has 3 aromatic carbocycles. The fourth-order valence-electron chi connectivity index (χ4n) is 4.34. The number of carbonyl (C=O) groups excluding carboxylic acids is 1. The lowest BCUT2D eigenvalue weighted by molar-refractivity contribution is -0.119. The Morgan fingerprint density at radius 1 is 0.886 bits per heavy atom. The maximum atomic E-state index is 13.5. The largest absolute Gasteiger partial charge is 0.372 e. The van der Waals surface area contributed by atoms with Crippen molar-refractivity contribution in [3.05, 3.63) is 89.5 Å². The molecular weight excluding hydrogens is 458 g/mol. The SMILES string of the molecule is Cc1ccc(S(=O)(=O)N(CC(=O)NCc2ccc(N3CCCCC3)cc2)c2ccccc2C)cc1. The lowest BCUT2D eigenvalue weighted by atomic mass is 10.1. The third-order valence-corrected chi connectivity index (χ3v) is 8.20. The smallest absolute Gasteiger partial charge is 0.264 e. The second-order valence-electron chi connectivity index (χ2n) is 9.10. The summed E-state index contributed by atoms with van der Waals surface area (Å²) in [5.41, 5.74) is 4.42. The van der Waals surface area contributed by atoms with Gasteiger partial charge in [-0.1, -0.05) is 48.0 Å². The molecule has 7 heteroatoms. The van der Waals surface area contributed by atoms with E-state index in [0.717, 1.165) is 29.8 Å². The number of anilines is 2. The number of benzene rings is 3. The number of nitrogens with zero attached hydrogens (tertiary/aromatic N) is 2. The van der Waals surface area contributed by atoms with E-state index >= 15 is 0 Å². The monoisotopic (exact) mass is 491 g/mol. The fourth-order valence-corrected chi connectivity index (χ4v) is 5.83. The van der Waals surface area contributed by atoms with Crippen LogP contribution in [0.3, 0.4) is 0 Å². The summed E-state index contributed by atoms with van der Waals surface area (Å²) in [5, 5.41) is 2.89. The first-order valence-corrected chi connectivity index (χ1v) is 13.5. The number of para-hydroxylation sites is 1. The van der Waals surface area contributed by atoms with Gasteiger partial charge in [0.1, 0.15) is 6.54 Å². The molecule has 1 aliphatic heterocycles.